The van der Waals surface area contributed by atoms with Crippen LogP contribution < -0.4 is 4.90 Å². The predicted molar refractivity (Wildman–Crippen MR) is 82.6 cm³/mol. The Balaban J connectivity index is 2.43. The first kappa shape index (κ1) is 14.6. The number of nitro groups is 1. The van der Waals surface area contributed by atoms with Crippen LogP contribution in [0.15, 0.2) is 24.4 Å². The van der Waals surface area contributed by atoms with Gasteiger partial charge in [-0.15, -0.1) is 0 Å². The Kier molecular flexibility index (Phi) is 3.84. The van der Waals surface area contributed by atoms with Crippen LogP contribution in [0.4, 0.5) is 5.69 Å². The first-order valence-corrected chi connectivity index (χ1v) is 7.08. The van der Waals surface area contributed by atoms with E-state index in [4.69, 9.17) is 0 Å². The zero-order valence-electron chi connectivity index (χ0n) is 12.6. The molecule has 1 aromatic rings. The molecular formula is C16H22N2O2. The molecule has 1 atom stereocenters. The topological polar surface area (TPSA) is 46.4 Å². The van der Waals surface area contributed by atoms with Gasteiger partial charge in [-0.2, -0.15) is 0 Å². The lowest BCUT2D eigenvalue weighted by Crippen LogP contribution is -2.48. The minimum atomic E-state index is -0.426. The van der Waals surface area contributed by atoms with Gasteiger partial charge in [-0.3, -0.25) is 10.1 Å². The summed E-state index contributed by atoms with van der Waals surface area (Å²) in [5.74, 6) is 0.465. The molecule has 1 aliphatic rings. The molecule has 4 heteroatoms. The number of hydrogen-bond acceptors (Lipinski definition) is 3. The Morgan fingerprint density at radius 1 is 1.50 bits per heavy atom. The molecule has 0 amide bonds. The van der Waals surface area contributed by atoms with Crippen molar-refractivity contribution in [1.29, 1.82) is 0 Å². The summed E-state index contributed by atoms with van der Waals surface area (Å²) in [5, 5.41) is 10.4. The van der Waals surface area contributed by atoms with Crippen molar-refractivity contribution in [2.75, 3.05) is 11.4 Å². The summed E-state index contributed by atoms with van der Waals surface area (Å²) in [6.45, 7) is 9.92. The molecule has 0 aliphatic carbocycles. The van der Waals surface area contributed by atoms with E-state index in [1.54, 1.807) is 6.08 Å². The number of hydrogen-bond donors (Lipinski definition) is 0. The van der Waals surface area contributed by atoms with Gasteiger partial charge in [0.1, 0.15) is 0 Å². The highest BCUT2D eigenvalue weighted by molar-refractivity contribution is 5.64. The standard InChI is InChI=1S/C16H22N2O2/c1-5-17-15-7-6-13(8-9-18(19)20)10-14(15)12(2)11-16(17,3)4/h6-10,12H,5,11H2,1-4H3/b9-8-. The van der Waals surface area contributed by atoms with Crippen LogP contribution in [0.2, 0.25) is 0 Å². The molecule has 20 heavy (non-hydrogen) atoms. The third-order valence-electron chi connectivity index (χ3n) is 4.11. The number of nitrogens with zero attached hydrogens (tertiary/aromatic N) is 2. The Bertz CT molecular complexity index is 549. The number of fused-ring (bicyclic) bond motifs is 1. The third kappa shape index (κ3) is 2.69. The first-order chi connectivity index (χ1) is 9.35. The summed E-state index contributed by atoms with van der Waals surface area (Å²) in [5.41, 5.74) is 3.59. The average Bonchev–Trinajstić information content (AvgIpc) is 2.36. The molecule has 1 unspecified atom stereocenters. The van der Waals surface area contributed by atoms with Gasteiger partial charge in [-0.25, -0.2) is 0 Å². The van der Waals surface area contributed by atoms with E-state index in [1.807, 2.05) is 6.07 Å². The van der Waals surface area contributed by atoms with Gasteiger partial charge in [0.25, 0.3) is 0 Å². The highest BCUT2D eigenvalue weighted by atomic mass is 16.6. The molecule has 0 spiro atoms. The van der Waals surface area contributed by atoms with E-state index in [0.29, 0.717) is 5.92 Å². The summed E-state index contributed by atoms with van der Waals surface area (Å²) < 4.78 is 0. The lowest BCUT2D eigenvalue weighted by molar-refractivity contribution is -0.400. The largest absolute Gasteiger partial charge is 0.366 e. The summed E-state index contributed by atoms with van der Waals surface area (Å²) in [7, 11) is 0. The predicted octanol–water partition coefficient (Wildman–Crippen LogP) is 4.05. The van der Waals surface area contributed by atoms with Gasteiger partial charge in [0.2, 0.25) is 6.20 Å². The van der Waals surface area contributed by atoms with Crippen molar-refractivity contribution in [2.45, 2.75) is 45.6 Å². The van der Waals surface area contributed by atoms with Crippen molar-refractivity contribution in [3.63, 3.8) is 0 Å². The molecular weight excluding hydrogens is 252 g/mol. The van der Waals surface area contributed by atoms with Crippen molar-refractivity contribution >= 4 is 11.8 Å². The van der Waals surface area contributed by atoms with Crippen LogP contribution in [-0.4, -0.2) is 17.0 Å². The van der Waals surface area contributed by atoms with Crippen LogP contribution in [0, 0.1) is 10.1 Å². The Labute approximate surface area is 120 Å². The molecule has 108 valence electrons. The van der Waals surface area contributed by atoms with E-state index < -0.39 is 4.92 Å². The molecule has 4 nitrogen and oxygen atoms in total. The Morgan fingerprint density at radius 3 is 2.80 bits per heavy atom. The maximum atomic E-state index is 10.4. The van der Waals surface area contributed by atoms with Crippen molar-refractivity contribution in [3.05, 3.63) is 45.6 Å². The molecule has 0 saturated heterocycles. The second-order valence-corrected chi connectivity index (χ2v) is 6.08. The molecule has 0 radical (unpaired) electrons. The van der Waals surface area contributed by atoms with E-state index in [-0.39, 0.29) is 5.54 Å². The van der Waals surface area contributed by atoms with Gasteiger partial charge < -0.3 is 4.90 Å². The fraction of sp³-hybridized carbons (Fsp3) is 0.500. The molecule has 0 fully saturated rings. The number of rotatable bonds is 3. The van der Waals surface area contributed by atoms with Gasteiger partial charge >= 0.3 is 0 Å². The molecule has 1 heterocycles. The van der Waals surface area contributed by atoms with Gasteiger partial charge in [0, 0.05) is 23.8 Å². The van der Waals surface area contributed by atoms with Crippen molar-refractivity contribution in [2.24, 2.45) is 0 Å². The summed E-state index contributed by atoms with van der Waals surface area (Å²) in [6.07, 6.45) is 3.65. The molecule has 0 N–H and O–H groups in total. The van der Waals surface area contributed by atoms with E-state index in [0.717, 1.165) is 24.7 Å². The smallest absolute Gasteiger partial charge is 0.235 e. The minimum Gasteiger partial charge on any atom is -0.366 e. The van der Waals surface area contributed by atoms with Crippen LogP contribution in [-0.2, 0) is 0 Å². The fourth-order valence-electron chi connectivity index (χ4n) is 3.36. The van der Waals surface area contributed by atoms with Crippen LogP contribution in [0.1, 0.15) is 51.2 Å². The highest BCUT2D eigenvalue weighted by Crippen LogP contribution is 2.43. The van der Waals surface area contributed by atoms with E-state index >= 15 is 0 Å². The quantitative estimate of drug-likeness (QED) is 0.617. The van der Waals surface area contributed by atoms with Crippen LogP contribution >= 0.6 is 0 Å². The van der Waals surface area contributed by atoms with Gasteiger partial charge in [0.15, 0.2) is 0 Å². The fourth-order valence-corrected chi connectivity index (χ4v) is 3.36. The first-order valence-electron chi connectivity index (χ1n) is 7.08. The van der Waals surface area contributed by atoms with Crippen molar-refractivity contribution in [3.8, 4) is 0 Å². The maximum Gasteiger partial charge on any atom is 0.235 e. The Morgan fingerprint density at radius 2 is 2.20 bits per heavy atom. The van der Waals surface area contributed by atoms with Crippen LogP contribution in [0.25, 0.3) is 6.08 Å². The second-order valence-electron chi connectivity index (χ2n) is 6.08. The minimum absolute atomic E-state index is 0.152. The van der Waals surface area contributed by atoms with E-state index in [1.165, 1.54) is 11.3 Å². The van der Waals surface area contributed by atoms with Crippen molar-refractivity contribution < 1.29 is 4.92 Å². The average molecular weight is 274 g/mol. The Hall–Kier alpha value is -1.84. The zero-order chi connectivity index (χ0) is 14.9. The van der Waals surface area contributed by atoms with Gasteiger partial charge in [-0.05, 0) is 56.4 Å². The zero-order valence-corrected chi connectivity index (χ0v) is 12.6. The molecule has 1 aromatic carbocycles. The molecule has 1 aliphatic heterocycles. The van der Waals surface area contributed by atoms with Crippen LogP contribution in [0.3, 0.4) is 0 Å². The van der Waals surface area contributed by atoms with E-state index in [2.05, 4.69) is 44.7 Å². The molecule has 2 rings (SSSR count). The van der Waals surface area contributed by atoms with Gasteiger partial charge in [0.05, 0.1) is 4.92 Å². The second kappa shape index (κ2) is 5.27. The maximum absolute atomic E-state index is 10.4. The lowest BCUT2D eigenvalue weighted by atomic mass is 9.79. The summed E-state index contributed by atoms with van der Waals surface area (Å²) >= 11 is 0. The SMILES string of the molecule is CCN1c2ccc(/C=C\[N+](=O)[O-])cc2C(C)CC1(C)C. The summed E-state index contributed by atoms with van der Waals surface area (Å²) in [6, 6.07) is 6.13. The van der Waals surface area contributed by atoms with Gasteiger partial charge in [-0.1, -0.05) is 13.0 Å². The van der Waals surface area contributed by atoms with Crippen molar-refractivity contribution in [1.82, 2.24) is 0 Å². The lowest BCUT2D eigenvalue weighted by Gasteiger charge is -2.47. The van der Waals surface area contributed by atoms with Crippen LogP contribution in [0.5, 0.6) is 0 Å². The van der Waals surface area contributed by atoms with E-state index in [9.17, 15) is 10.1 Å². The molecule has 0 bridgehead atoms. The highest BCUT2D eigenvalue weighted by Gasteiger charge is 2.35. The molecule has 0 saturated carbocycles. The molecule has 0 aromatic heterocycles. The third-order valence-corrected chi connectivity index (χ3v) is 4.11. The monoisotopic (exact) mass is 274 g/mol. The normalized spacial score (nSPS) is 21.0. The summed E-state index contributed by atoms with van der Waals surface area (Å²) in [4.78, 5) is 12.4. The number of benzene rings is 1. The number of anilines is 1.